The summed E-state index contributed by atoms with van der Waals surface area (Å²) < 4.78 is 0. The quantitative estimate of drug-likeness (QED) is 0.472. The number of hydrogen-bond acceptors (Lipinski definition) is 2. The number of amides is 1. The maximum Gasteiger partial charge on any atom is 0.217 e. The standard InChI is InChI=1S/C21H31NO2/c1-5-6-7-8-9-10-20(24)19-13-11-18(12-14-19)15-16-21(3,4)22-17(2)23/h11-14H,3-10,15-16H2,1-2H3,(H,22,23). The first-order valence-corrected chi connectivity index (χ1v) is 8.95. The third-order valence-electron chi connectivity index (χ3n) is 4.12. The SMILES string of the molecule is [CH2]C([CH2])(CCc1ccc(C(=O)CCCCCCC)cc1)NC(C)=O. The Bertz CT molecular complexity index is 517. The van der Waals surface area contributed by atoms with Gasteiger partial charge in [0.25, 0.3) is 0 Å². The van der Waals surface area contributed by atoms with Gasteiger partial charge in [0.15, 0.2) is 5.78 Å². The zero-order valence-corrected chi connectivity index (χ0v) is 15.2. The number of ketones is 1. The molecule has 1 N–H and O–H groups in total. The number of carbonyl (C=O) groups excluding carboxylic acids is 2. The lowest BCUT2D eigenvalue weighted by Crippen LogP contribution is -2.43. The average Bonchev–Trinajstić information content (AvgIpc) is 2.52. The van der Waals surface area contributed by atoms with Crippen LogP contribution in [0.25, 0.3) is 0 Å². The molecular formula is C21H31NO2. The monoisotopic (exact) mass is 329 g/mol. The zero-order chi connectivity index (χ0) is 18.0. The highest BCUT2D eigenvalue weighted by Gasteiger charge is 2.18. The summed E-state index contributed by atoms with van der Waals surface area (Å²) in [6, 6.07) is 7.76. The number of rotatable bonds is 11. The Morgan fingerprint density at radius 3 is 2.25 bits per heavy atom. The maximum atomic E-state index is 12.2. The smallest absolute Gasteiger partial charge is 0.217 e. The van der Waals surface area contributed by atoms with Gasteiger partial charge in [0.05, 0.1) is 0 Å². The summed E-state index contributed by atoms with van der Waals surface area (Å²) in [7, 11) is 0. The molecule has 0 aliphatic heterocycles. The molecule has 0 saturated heterocycles. The molecule has 24 heavy (non-hydrogen) atoms. The number of unbranched alkanes of at least 4 members (excludes halogenated alkanes) is 4. The molecule has 0 bridgehead atoms. The van der Waals surface area contributed by atoms with Crippen LogP contribution in [0.3, 0.4) is 0 Å². The van der Waals surface area contributed by atoms with Crippen molar-refractivity contribution < 1.29 is 9.59 Å². The van der Waals surface area contributed by atoms with Crippen molar-refractivity contribution in [2.75, 3.05) is 0 Å². The number of hydrogen-bond donors (Lipinski definition) is 1. The predicted octanol–water partition coefficient (Wildman–Crippen LogP) is 4.71. The van der Waals surface area contributed by atoms with Gasteiger partial charge in [-0.15, -0.1) is 0 Å². The summed E-state index contributed by atoms with van der Waals surface area (Å²) in [5.41, 5.74) is 1.20. The molecule has 3 nitrogen and oxygen atoms in total. The Morgan fingerprint density at radius 2 is 1.67 bits per heavy atom. The van der Waals surface area contributed by atoms with E-state index in [1.165, 1.54) is 26.2 Å². The third kappa shape index (κ3) is 8.28. The molecule has 1 aromatic carbocycles. The van der Waals surface area contributed by atoms with E-state index < -0.39 is 5.54 Å². The van der Waals surface area contributed by atoms with E-state index in [2.05, 4.69) is 26.1 Å². The van der Waals surface area contributed by atoms with Gasteiger partial charge >= 0.3 is 0 Å². The van der Waals surface area contributed by atoms with Crippen LogP contribution in [0.5, 0.6) is 0 Å². The van der Waals surface area contributed by atoms with Crippen molar-refractivity contribution in [1.82, 2.24) is 5.32 Å². The summed E-state index contributed by atoms with van der Waals surface area (Å²) in [5.74, 6) is 0.0971. The highest BCUT2D eigenvalue weighted by molar-refractivity contribution is 5.96. The third-order valence-corrected chi connectivity index (χ3v) is 4.12. The van der Waals surface area contributed by atoms with Crippen LogP contribution >= 0.6 is 0 Å². The fourth-order valence-corrected chi connectivity index (χ4v) is 2.71. The summed E-state index contributed by atoms with van der Waals surface area (Å²) in [4.78, 5) is 23.3. The van der Waals surface area contributed by atoms with Crippen molar-refractivity contribution in [1.29, 1.82) is 0 Å². The summed E-state index contributed by atoms with van der Waals surface area (Å²) >= 11 is 0. The van der Waals surface area contributed by atoms with Gasteiger partial charge in [-0.3, -0.25) is 9.59 Å². The normalized spacial score (nSPS) is 11.3. The molecule has 3 heteroatoms. The van der Waals surface area contributed by atoms with Crippen molar-refractivity contribution in [3.63, 3.8) is 0 Å². The molecule has 0 aromatic heterocycles. The predicted molar refractivity (Wildman–Crippen MR) is 99.7 cm³/mol. The fraction of sp³-hybridized carbons (Fsp3) is 0.524. The molecule has 0 spiro atoms. The topological polar surface area (TPSA) is 46.2 Å². The first-order valence-electron chi connectivity index (χ1n) is 8.95. The van der Waals surface area contributed by atoms with Crippen LogP contribution in [0.1, 0.15) is 74.7 Å². The van der Waals surface area contributed by atoms with Crippen molar-refractivity contribution in [2.24, 2.45) is 0 Å². The van der Waals surface area contributed by atoms with Crippen molar-refractivity contribution in [2.45, 2.75) is 70.8 Å². The van der Waals surface area contributed by atoms with Crippen molar-refractivity contribution in [3.05, 3.63) is 49.2 Å². The molecule has 0 saturated carbocycles. The number of aryl methyl sites for hydroxylation is 1. The van der Waals surface area contributed by atoms with Crippen LogP contribution < -0.4 is 5.32 Å². The maximum absolute atomic E-state index is 12.2. The van der Waals surface area contributed by atoms with E-state index in [0.717, 1.165) is 30.4 Å². The minimum atomic E-state index is -0.710. The van der Waals surface area contributed by atoms with Crippen LogP contribution in [-0.4, -0.2) is 17.2 Å². The summed E-state index contributed by atoms with van der Waals surface area (Å²) in [6.45, 7) is 11.5. The zero-order valence-electron chi connectivity index (χ0n) is 15.2. The molecule has 132 valence electrons. The second kappa shape index (κ2) is 10.3. The summed E-state index contributed by atoms with van der Waals surface area (Å²) in [6.07, 6.45) is 7.84. The van der Waals surface area contributed by atoms with E-state index in [0.29, 0.717) is 12.8 Å². The van der Waals surface area contributed by atoms with E-state index in [9.17, 15) is 9.59 Å². The molecule has 0 unspecified atom stereocenters. The van der Waals surface area contributed by atoms with Gasteiger partial charge in [-0.2, -0.15) is 0 Å². The molecule has 1 rings (SSSR count). The number of nitrogens with one attached hydrogen (secondary N) is 1. The number of Topliss-reactive ketones (excluding diaryl/α,β-unsaturated/α-hetero) is 1. The van der Waals surface area contributed by atoms with Gasteiger partial charge in [0, 0.05) is 24.4 Å². The van der Waals surface area contributed by atoms with Crippen LogP contribution in [0.4, 0.5) is 0 Å². The van der Waals surface area contributed by atoms with Gasteiger partial charge in [0.2, 0.25) is 5.91 Å². The van der Waals surface area contributed by atoms with E-state index in [1.807, 2.05) is 24.3 Å². The van der Waals surface area contributed by atoms with Crippen LogP contribution in [-0.2, 0) is 11.2 Å². The molecular weight excluding hydrogens is 298 g/mol. The van der Waals surface area contributed by atoms with Crippen molar-refractivity contribution >= 4 is 11.7 Å². The Labute approximate surface area is 147 Å². The highest BCUT2D eigenvalue weighted by atomic mass is 16.1. The Morgan fingerprint density at radius 1 is 1.04 bits per heavy atom. The Kier molecular flexibility index (Phi) is 8.73. The molecule has 1 aromatic rings. The lowest BCUT2D eigenvalue weighted by Gasteiger charge is -2.25. The minimum Gasteiger partial charge on any atom is -0.351 e. The largest absolute Gasteiger partial charge is 0.351 e. The molecule has 0 fully saturated rings. The lowest BCUT2D eigenvalue weighted by atomic mass is 9.94. The molecule has 2 radical (unpaired) electrons. The number of benzene rings is 1. The Balaban J connectivity index is 2.42. The average molecular weight is 329 g/mol. The first kappa shape index (κ1) is 20.4. The second-order valence-electron chi connectivity index (χ2n) is 6.75. The van der Waals surface area contributed by atoms with Gasteiger partial charge < -0.3 is 5.32 Å². The molecule has 0 aliphatic rings. The van der Waals surface area contributed by atoms with Crippen LogP contribution in [0.15, 0.2) is 24.3 Å². The first-order chi connectivity index (χ1) is 11.3. The highest BCUT2D eigenvalue weighted by Crippen LogP contribution is 2.15. The van der Waals surface area contributed by atoms with Crippen LogP contribution in [0.2, 0.25) is 0 Å². The van der Waals surface area contributed by atoms with E-state index in [1.54, 1.807) is 0 Å². The lowest BCUT2D eigenvalue weighted by molar-refractivity contribution is -0.120. The Hall–Kier alpha value is -1.64. The van der Waals surface area contributed by atoms with E-state index in [-0.39, 0.29) is 11.7 Å². The van der Waals surface area contributed by atoms with E-state index in [4.69, 9.17) is 0 Å². The van der Waals surface area contributed by atoms with E-state index >= 15 is 0 Å². The van der Waals surface area contributed by atoms with Gasteiger partial charge in [-0.25, -0.2) is 0 Å². The van der Waals surface area contributed by atoms with Crippen LogP contribution in [0, 0.1) is 13.8 Å². The molecule has 0 aliphatic carbocycles. The summed E-state index contributed by atoms with van der Waals surface area (Å²) in [5, 5.41) is 2.74. The van der Waals surface area contributed by atoms with Gasteiger partial charge in [-0.05, 0) is 38.7 Å². The fourth-order valence-electron chi connectivity index (χ4n) is 2.71. The molecule has 0 heterocycles. The van der Waals surface area contributed by atoms with Crippen molar-refractivity contribution in [3.8, 4) is 0 Å². The second-order valence-corrected chi connectivity index (χ2v) is 6.75. The minimum absolute atomic E-state index is 0.125. The number of carbonyl (C=O) groups is 2. The van der Waals surface area contributed by atoms with Gasteiger partial charge in [-0.1, -0.05) is 56.9 Å². The van der Waals surface area contributed by atoms with Gasteiger partial charge in [0.1, 0.15) is 0 Å². The molecule has 0 atom stereocenters. The molecule has 1 amide bonds.